The van der Waals surface area contributed by atoms with Crippen molar-refractivity contribution < 1.29 is 22.4 Å². The summed E-state index contributed by atoms with van der Waals surface area (Å²) in [7, 11) is -1.85. The van der Waals surface area contributed by atoms with Gasteiger partial charge in [0.2, 0.25) is 21.8 Å². The Hall–Kier alpha value is -1.01. The Bertz CT molecular complexity index is 860. The van der Waals surface area contributed by atoms with Gasteiger partial charge in [-0.05, 0) is 57.4 Å². The van der Waals surface area contributed by atoms with Crippen LogP contribution in [-0.2, 0) is 19.6 Å². The summed E-state index contributed by atoms with van der Waals surface area (Å²) in [5.41, 5.74) is 2.24. The fraction of sp³-hybridized carbons (Fsp3) is 0.909. The number of hydrazine groups is 1. The lowest BCUT2D eigenvalue weighted by Gasteiger charge is -2.37. The van der Waals surface area contributed by atoms with Crippen LogP contribution in [0.2, 0.25) is 0 Å². The molecule has 9 nitrogen and oxygen atoms in total. The lowest BCUT2D eigenvalue weighted by molar-refractivity contribution is -0.139. The number of alkyl halides is 2. The number of likely N-dealkylation sites (N-methyl/N-ethyl adjacent to an activating group) is 1. The van der Waals surface area contributed by atoms with Gasteiger partial charge in [0.1, 0.15) is 6.17 Å². The first-order valence-corrected chi connectivity index (χ1v) is 14.5. The summed E-state index contributed by atoms with van der Waals surface area (Å²) in [4.78, 5) is 31.3. The quantitative estimate of drug-likeness (QED) is 0.338. The van der Waals surface area contributed by atoms with E-state index in [0.29, 0.717) is 32.4 Å². The van der Waals surface area contributed by atoms with Crippen LogP contribution >= 0.6 is 11.6 Å². The standard InChI is InChI=1S/C22H37ClFN5O4S/c1-28-11-19(25-13-28)16-8-17(20(24)18(23)9-16)21(30)26-27-34(32,33)12-14-4-3-7-29(10-14)22(31)15-5-2-6-15/h14-20,25,27H,2-13H2,1H3,(H,26,30). The summed E-state index contributed by atoms with van der Waals surface area (Å²) in [5.74, 6) is -1.83. The highest BCUT2D eigenvalue weighted by atomic mass is 35.5. The molecule has 0 spiro atoms. The van der Waals surface area contributed by atoms with Gasteiger partial charge in [-0.2, -0.15) is 0 Å². The molecule has 2 heterocycles. The zero-order valence-electron chi connectivity index (χ0n) is 19.7. The fourth-order valence-electron chi connectivity index (χ4n) is 5.74. The molecule has 0 radical (unpaired) electrons. The number of hydrogen-bond acceptors (Lipinski definition) is 6. The first-order valence-electron chi connectivity index (χ1n) is 12.4. The van der Waals surface area contributed by atoms with Gasteiger partial charge < -0.3 is 4.90 Å². The lowest BCUT2D eigenvalue weighted by Crippen LogP contribution is -2.53. The first-order chi connectivity index (χ1) is 16.1. The second kappa shape index (κ2) is 10.9. The molecular weight excluding hydrogens is 485 g/mol. The Morgan fingerprint density at radius 3 is 2.56 bits per heavy atom. The highest BCUT2D eigenvalue weighted by Gasteiger charge is 2.44. The molecule has 4 fully saturated rings. The molecular formula is C22H37ClFN5O4S. The van der Waals surface area contributed by atoms with E-state index in [-0.39, 0.29) is 35.5 Å². The molecule has 0 aromatic rings. The molecule has 2 saturated heterocycles. The Morgan fingerprint density at radius 2 is 1.91 bits per heavy atom. The summed E-state index contributed by atoms with van der Waals surface area (Å²) in [6.07, 6.45) is 3.62. The van der Waals surface area contributed by atoms with Crippen LogP contribution in [0.3, 0.4) is 0 Å². The second-order valence-electron chi connectivity index (χ2n) is 10.6. The number of nitrogens with zero attached hydrogens (tertiary/aromatic N) is 2. The smallest absolute Gasteiger partial charge is 0.241 e. The number of piperidine rings is 1. The van der Waals surface area contributed by atoms with Crippen LogP contribution in [0.4, 0.5) is 4.39 Å². The molecule has 2 aliphatic carbocycles. The second-order valence-corrected chi connectivity index (χ2v) is 12.9. The van der Waals surface area contributed by atoms with Crippen LogP contribution < -0.4 is 15.6 Å². The Morgan fingerprint density at radius 1 is 1.15 bits per heavy atom. The molecule has 4 aliphatic rings. The summed E-state index contributed by atoms with van der Waals surface area (Å²) >= 11 is 6.24. The first kappa shape index (κ1) is 26.1. The largest absolute Gasteiger partial charge is 0.342 e. The molecule has 194 valence electrons. The topological polar surface area (TPSA) is 111 Å². The highest BCUT2D eigenvalue weighted by Crippen LogP contribution is 2.37. The molecule has 0 bridgehead atoms. The molecule has 2 saturated carbocycles. The van der Waals surface area contributed by atoms with Crippen molar-refractivity contribution in [3.05, 3.63) is 0 Å². The number of amides is 2. The number of sulfonamides is 1. The molecule has 0 aromatic heterocycles. The summed E-state index contributed by atoms with van der Waals surface area (Å²) < 4.78 is 40.1. The maximum atomic E-state index is 14.8. The highest BCUT2D eigenvalue weighted by molar-refractivity contribution is 7.89. The van der Waals surface area contributed by atoms with Crippen molar-refractivity contribution in [2.24, 2.45) is 23.7 Å². The SMILES string of the molecule is CN1CNC(C2CC(Cl)C(F)C(C(=O)NNS(=O)(=O)CC3CCCN(C(=O)C4CCC4)C3)C2)C1. The van der Waals surface area contributed by atoms with E-state index in [1.54, 1.807) is 4.90 Å². The molecule has 6 atom stereocenters. The van der Waals surface area contributed by atoms with Crippen LogP contribution in [0, 0.1) is 23.7 Å². The molecule has 2 amide bonds. The van der Waals surface area contributed by atoms with Crippen molar-refractivity contribution in [3.8, 4) is 0 Å². The minimum absolute atomic E-state index is 0.0354. The zero-order chi connectivity index (χ0) is 24.5. The minimum atomic E-state index is -3.84. The van der Waals surface area contributed by atoms with Crippen molar-refractivity contribution in [3.63, 3.8) is 0 Å². The van der Waals surface area contributed by atoms with E-state index in [1.807, 2.05) is 7.05 Å². The fourth-order valence-corrected chi connectivity index (χ4v) is 7.38. The Labute approximate surface area is 206 Å². The number of nitrogens with one attached hydrogen (secondary N) is 3. The predicted molar refractivity (Wildman–Crippen MR) is 127 cm³/mol. The van der Waals surface area contributed by atoms with E-state index in [2.05, 4.69) is 20.5 Å². The van der Waals surface area contributed by atoms with E-state index in [9.17, 15) is 22.4 Å². The van der Waals surface area contributed by atoms with Gasteiger partial charge in [0.05, 0.1) is 17.0 Å². The number of rotatable bonds is 7. The normalized spacial score (nSPS) is 35.7. The third kappa shape index (κ3) is 6.21. The van der Waals surface area contributed by atoms with Crippen molar-refractivity contribution in [2.45, 2.75) is 62.5 Å². The summed E-state index contributed by atoms with van der Waals surface area (Å²) in [5, 5.41) is 2.58. The maximum Gasteiger partial charge on any atom is 0.241 e. The van der Waals surface area contributed by atoms with Crippen LogP contribution in [-0.4, -0.2) is 86.7 Å². The molecule has 12 heteroatoms. The number of hydrogen-bond donors (Lipinski definition) is 3. The van der Waals surface area contributed by atoms with E-state index in [1.165, 1.54) is 0 Å². The number of carbonyl (C=O) groups excluding carboxylic acids is 2. The number of halogens is 2. The van der Waals surface area contributed by atoms with Crippen LogP contribution in [0.1, 0.15) is 44.9 Å². The third-order valence-corrected chi connectivity index (χ3v) is 9.66. The third-order valence-electron chi connectivity index (χ3n) is 7.92. The predicted octanol–water partition coefficient (Wildman–Crippen LogP) is 0.809. The molecule has 34 heavy (non-hydrogen) atoms. The van der Waals surface area contributed by atoms with E-state index in [4.69, 9.17) is 11.6 Å². The number of likely N-dealkylation sites (tertiary alicyclic amines) is 1. The Kier molecular flexibility index (Phi) is 8.39. The zero-order valence-corrected chi connectivity index (χ0v) is 21.3. The van der Waals surface area contributed by atoms with Crippen molar-refractivity contribution >= 4 is 33.4 Å². The summed E-state index contributed by atoms with van der Waals surface area (Å²) in [6, 6.07) is 0.127. The van der Waals surface area contributed by atoms with Gasteiger partial charge in [-0.1, -0.05) is 6.42 Å². The number of carbonyl (C=O) groups is 2. The van der Waals surface area contributed by atoms with Gasteiger partial charge in [0.25, 0.3) is 0 Å². The van der Waals surface area contributed by atoms with Gasteiger partial charge in [0, 0.05) is 38.3 Å². The molecule has 6 unspecified atom stereocenters. The van der Waals surface area contributed by atoms with Crippen molar-refractivity contribution in [1.82, 2.24) is 25.4 Å². The van der Waals surface area contributed by atoms with E-state index < -0.39 is 33.4 Å². The summed E-state index contributed by atoms with van der Waals surface area (Å²) in [6.45, 7) is 2.61. The molecule has 0 aromatic carbocycles. The van der Waals surface area contributed by atoms with Crippen LogP contribution in [0.15, 0.2) is 0 Å². The molecule has 3 N–H and O–H groups in total. The maximum absolute atomic E-state index is 14.8. The van der Waals surface area contributed by atoms with Gasteiger partial charge >= 0.3 is 0 Å². The van der Waals surface area contributed by atoms with Crippen LogP contribution in [0.5, 0.6) is 0 Å². The lowest BCUT2D eigenvalue weighted by atomic mass is 9.76. The van der Waals surface area contributed by atoms with E-state index >= 15 is 0 Å². The average Bonchev–Trinajstić information content (AvgIpc) is 3.19. The minimum Gasteiger partial charge on any atom is -0.342 e. The van der Waals surface area contributed by atoms with Gasteiger partial charge in [-0.25, -0.2) is 12.8 Å². The van der Waals surface area contributed by atoms with E-state index in [0.717, 1.165) is 38.9 Å². The van der Waals surface area contributed by atoms with Gasteiger partial charge in [-0.3, -0.25) is 25.2 Å². The Balaban J connectivity index is 1.28. The van der Waals surface area contributed by atoms with Crippen LogP contribution in [0.25, 0.3) is 0 Å². The molecule has 4 rings (SSSR count). The van der Waals surface area contributed by atoms with Gasteiger partial charge in [-0.15, -0.1) is 16.4 Å². The van der Waals surface area contributed by atoms with Crippen molar-refractivity contribution in [1.29, 1.82) is 0 Å². The molecule has 2 aliphatic heterocycles. The average molecular weight is 522 g/mol. The van der Waals surface area contributed by atoms with Crippen molar-refractivity contribution in [2.75, 3.05) is 39.1 Å². The monoisotopic (exact) mass is 521 g/mol. The van der Waals surface area contributed by atoms with Gasteiger partial charge in [0.15, 0.2) is 0 Å².